The minimum Gasteiger partial charge on any atom is -0.468 e. The topological polar surface area (TPSA) is 108 Å². The van der Waals surface area contributed by atoms with Crippen LogP contribution in [0.4, 0.5) is 17.5 Å². The van der Waals surface area contributed by atoms with Crippen molar-refractivity contribution in [3.63, 3.8) is 0 Å². The van der Waals surface area contributed by atoms with E-state index >= 15 is 0 Å². The van der Waals surface area contributed by atoms with Gasteiger partial charge in [0.25, 0.3) is 0 Å². The van der Waals surface area contributed by atoms with Crippen molar-refractivity contribution in [2.24, 2.45) is 0 Å². The fourth-order valence-electron chi connectivity index (χ4n) is 3.65. The van der Waals surface area contributed by atoms with E-state index in [0.717, 1.165) is 51.4 Å². The predicted molar refractivity (Wildman–Crippen MR) is 128 cm³/mol. The van der Waals surface area contributed by atoms with Crippen molar-refractivity contribution in [3.8, 4) is 0 Å². The van der Waals surface area contributed by atoms with Gasteiger partial charge in [-0.15, -0.1) is 0 Å². The van der Waals surface area contributed by atoms with Crippen molar-refractivity contribution in [2.45, 2.75) is 6.42 Å². The Labute approximate surface area is 197 Å². The Balaban J connectivity index is 1.28. The highest BCUT2D eigenvalue weighted by Crippen LogP contribution is 2.23. The lowest BCUT2D eigenvalue weighted by Crippen LogP contribution is -2.48. The van der Waals surface area contributed by atoms with Crippen molar-refractivity contribution >= 4 is 46.1 Å². The summed E-state index contributed by atoms with van der Waals surface area (Å²) >= 11 is 6.08. The lowest BCUT2D eigenvalue weighted by Gasteiger charge is -2.33. The Morgan fingerprint density at radius 1 is 1.15 bits per heavy atom. The maximum atomic E-state index is 11.4. The molecule has 0 amide bonds. The molecule has 174 valence electrons. The van der Waals surface area contributed by atoms with E-state index in [1.165, 1.54) is 13.4 Å². The van der Waals surface area contributed by atoms with E-state index in [1.807, 2.05) is 24.3 Å². The maximum absolute atomic E-state index is 11.4. The van der Waals surface area contributed by atoms with Crippen molar-refractivity contribution in [3.05, 3.63) is 41.8 Å². The molecule has 1 fully saturated rings. The Morgan fingerprint density at radius 2 is 1.97 bits per heavy atom. The zero-order valence-electron chi connectivity index (χ0n) is 18.5. The molecule has 11 heteroatoms. The third-order valence-corrected chi connectivity index (χ3v) is 5.68. The number of anilines is 3. The highest BCUT2D eigenvalue weighted by atomic mass is 35.5. The number of fused-ring (bicyclic) bond motifs is 1. The molecule has 4 rings (SSSR count). The summed E-state index contributed by atoms with van der Waals surface area (Å²) in [5.74, 6) is 0.950. The zero-order valence-corrected chi connectivity index (χ0v) is 19.3. The molecule has 0 atom stereocenters. The van der Waals surface area contributed by atoms with Crippen LogP contribution in [-0.4, -0.2) is 88.6 Å². The highest BCUT2D eigenvalue weighted by molar-refractivity contribution is 6.30. The van der Waals surface area contributed by atoms with E-state index < -0.39 is 0 Å². The van der Waals surface area contributed by atoms with Gasteiger partial charge in [-0.05, 0) is 31.2 Å². The van der Waals surface area contributed by atoms with Crippen LogP contribution < -0.4 is 10.6 Å². The summed E-state index contributed by atoms with van der Waals surface area (Å²) < 4.78 is 4.74. The molecule has 0 saturated carbocycles. The van der Waals surface area contributed by atoms with E-state index in [9.17, 15) is 4.79 Å². The van der Waals surface area contributed by atoms with Crippen LogP contribution in [-0.2, 0) is 9.53 Å². The molecule has 2 N–H and O–H groups in total. The van der Waals surface area contributed by atoms with Crippen LogP contribution in [0.2, 0.25) is 5.02 Å². The molecule has 0 spiro atoms. The third-order valence-electron chi connectivity index (χ3n) is 5.44. The van der Waals surface area contributed by atoms with Crippen LogP contribution in [0.25, 0.3) is 11.0 Å². The lowest BCUT2D eigenvalue weighted by molar-refractivity contribution is -0.142. The van der Waals surface area contributed by atoms with Gasteiger partial charge in [-0.25, -0.2) is 19.9 Å². The molecule has 1 saturated heterocycles. The molecule has 0 bridgehead atoms. The molecular formula is C22H27ClN8O2. The molecule has 3 heterocycles. The van der Waals surface area contributed by atoms with Crippen molar-refractivity contribution in [1.29, 1.82) is 0 Å². The van der Waals surface area contributed by atoms with Gasteiger partial charge >= 0.3 is 5.97 Å². The van der Waals surface area contributed by atoms with Crippen LogP contribution in [0.1, 0.15) is 6.42 Å². The highest BCUT2D eigenvalue weighted by Gasteiger charge is 2.18. The molecule has 2 aromatic heterocycles. The smallest absolute Gasteiger partial charge is 0.319 e. The summed E-state index contributed by atoms with van der Waals surface area (Å²) in [7, 11) is 1.43. The fourth-order valence-corrected chi connectivity index (χ4v) is 3.85. The number of carbonyl (C=O) groups is 1. The van der Waals surface area contributed by atoms with Gasteiger partial charge in [0.1, 0.15) is 17.4 Å². The summed E-state index contributed by atoms with van der Waals surface area (Å²) in [5, 5.41) is 7.18. The van der Waals surface area contributed by atoms with E-state index in [1.54, 1.807) is 6.20 Å². The first-order valence-electron chi connectivity index (χ1n) is 10.9. The Morgan fingerprint density at radius 3 is 2.76 bits per heavy atom. The number of hydrogen-bond acceptors (Lipinski definition) is 10. The van der Waals surface area contributed by atoms with Crippen molar-refractivity contribution in [1.82, 2.24) is 29.7 Å². The number of carbonyl (C=O) groups excluding carboxylic acids is 1. The van der Waals surface area contributed by atoms with Gasteiger partial charge in [0.05, 0.1) is 19.9 Å². The van der Waals surface area contributed by atoms with Gasteiger partial charge in [0.2, 0.25) is 5.95 Å². The van der Waals surface area contributed by atoms with Gasteiger partial charge in [0.15, 0.2) is 5.82 Å². The van der Waals surface area contributed by atoms with Gasteiger partial charge in [-0.1, -0.05) is 17.7 Å². The van der Waals surface area contributed by atoms with Gasteiger partial charge < -0.3 is 20.3 Å². The molecule has 0 unspecified atom stereocenters. The minimum atomic E-state index is -0.181. The molecule has 1 aliphatic heterocycles. The first kappa shape index (κ1) is 23.1. The van der Waals surface area contributed by atoms with E-state index in [2.05, 4.69) is 40.4 Å². The largest absolute Gasteiger partial charge is 0.468 e. The number of nitrogens with one attached hydrogen (secondary N) is 2. The maximum Gasteiger partial charge on any atom is 0.319 e. The van der Waals surface area contributed by atoms with Crippen LogP contribution >= 0.6 is 11.6 Å². The molecule has 33 heavy (non-hydrogen) atoms. The lowest BCUT2D eigenvalue weighted by atomic mass is 10.3. The first-order valence-corrected chi connectivity index (χ1v) is 11.2. The van der Waals surface area contributed by atoms with Crippen molar-refractivity contribution < 1.29 is 9.53 Å². The molecule has 1 aliphatic rings. The standard InChI is InChI=1S/C22H27ClN8O2/c1-33-19(32)14-31-10-8-30(9-11-31)7-3-6-24-22-25-13-18-20(29-22)21(27-15-26-18)28-17-5-2-4-16(23)12-17/h2,4-5,12-13,15H,3,6-11,14H2,1H3,(H,24,25,29)(H,26,27,28). The molecule has 0 radical (unpaired) electrons. The summed E-state index contributed by atoms with van der Waals surface area (Å²) in [6.45, 7) is 5.72. The monoisotopic (exact) mass is 470 g/mol. The van der Waals surface area contributed by atoms with Crippen LogP contribution in [0.3, 0.4) is 0 Å². The minimum absolute atomic E-state index is 0.181. The Hall–Kier alpha value is -3.08. The van der Waals surface area contributed by atoms with Crippen LogP contribution in [0.15, 0.2) is 36.8 Å². The summed E-state index contributed by atoms with van der Waals surface area (Å²) in [6, 6.07) is 7.42. The average Bonchev–Trinajstić information content (AvgIpc) is 2.83. The summed E-state index contributed by atoms with van der Waals surface area (Å²) in [6.07, 6.45) is 4.13. The summed E-state index contributed by atoms with van der Waals surface area (Å²) in [4.78, 5) is 33.5. The number of ether oxygens (including phenoxy) is 1. The number of nitrogens with zero attached hydrogens (tertiary/aromatic N) is 6. The zero-order chi connectivity index (χ0) is 23.0. The molecular weight excluding hydrogens is 444 g/mol. The van der Waals surface area contributed by atoms with Crippen LogP contribution in [0.5, 0.6) is 0 Å². The SMILES string of the molecule is COC(=O)CN1CCN(CCCNc2ncc3ncnc(Nc4cccc(Cl)c4)c3n2)CC1. The molecule has 10 nitrogen and oxygen atoms in total. The second kappa shape index (κ2) is 11.2. The summed E-state index contributed by atoms with van der Waals surface area (Å²) in [5.41, 5.74) is 2.11. The Bertz CT molecular complexity index is 1090. The first-order chi connectivity index (χ1) is 16.1. The normalized spacial score (nSPS) is 14.8. The molecule has 1 aromatic carbocycles. The fraction of sp³-hybridized carbons (Fsp3) is 0.409. The number of methoxy groups -OCH3 is 1. The van der Waals surface area contributed by atoms with Gasteiger partial charge in [0, 0.05) is 43.4 Å². The Kier molecular flexibility index (Phi) is 7.82. The third kappa shape index (κ3) is 6.47. The average molecular weight is 471 g/mol. The number of benzene rings is 1. The number of rotatable bonds is 9. The second-order valence-corrected chi connectivity index (χ2v) is 8.20. The quantitative estimate of drug-likeness (QED) is 0.357. The van der Waals surface area contributed by atoms with E-state index in [-0.39, 0.29) is 5.97 Å². The van der Waals surface area contributed by atoms with Gasteiger partial charge in [-0.2, -0.15) is 0 Å². The van der Waals surface area contributed by atoms with E-state index in [0.29, 0.717) is 34.4 Å². The molecule has 3 aromatic rings. The predicted octanol–water partition coefficient (Wildman–Crippen LogP) is 2.41. The second-order valence-electron chi connectivity index (χ2n) is 7.76. The van der Waals surface area contributed by atoms with Gasteiger partial charge in [-0.3, -0.25) is 9.69 Å². The number of halogens is 1. The van der Waals surface area contributed by atoms with E-state index in [4.69, 9.17) is 16.3 Å². The number of esters is 1. The number of hydrogen-bond donors (Lipinski definition) is 2. The van der Waals surface area contributed by atoms with Crippen LogP contribution in [0, 0.1) is 0 Å². The molecule has 0 aliphatic carbocycles. The van der Waals surface area contributed by atoms with Crippen molar-refractivity contribution in [2.75, 3.05) is 63.6 Å². The number of aromatic nitrogens is 4. The number of piperazine rings is 1.